The average molecular weight is 360 g/mol. The van der Waals surface area contributed by atoms with Crippen LogP contribution in [-0.2, 0) is 17.9 Å². The smallest absolute Gasteiger partial charge is 0.230 e. The Hall–Kier alpha value is -1.72. The molecule has 0 aromatic carbocycles. The van der Waals surface area contributed by atoms with E-state index in [-0.39, 0.29) is 5.91 Å². The van der Waals surface area contributed by atoms with E-state index < -0.39 is 5.41 Å². The van der Waals surface area contributed by atoms with Gasteiger partial charge in [0.05, 0.1) is 0 Å². The van der Waals surface area contributed by atoms with Crippen LogP contribution in [-0.4, -0.2) is 21.8 Å². The molecular formula is C20H29N3OS. The number of carbonyl (C=O) groups excluding carboxylic acids is 1. The van der Waals surface area contributed by atoms with Crippen LogP contribution in [0.3, 0.4) is 0 Å². The highest BCUT2D eigenvalue weighted by Crippen LogP contribution is 2.22. The molecule has 0 saturated carbocycles. The summed E-state index contributed by atoms with van der Waals surface area (Å²) < 4.78 is 0. The maximum absolute atomic E-state index is 12.4. The number of anilines is 1. The number of nitrogens with zero attached hydrogens (tertiary/aromatic N) is 2. The van der Waals surface area contributed by atoms with Crippen molar-refractivity contribution < 1.29 is 4.79 Å². The van der Waals surface area contributed by atoms with Gasteiger partial charge in [0.25, 0.3) is 0 Å². The topological polar surface area (TPSA) is 45.2 Å². The van der Waals surface area contributed by atoms with Crippen LogP contribution in [0, 0.1) is 5.41 Å². The second-order valence-electron chi connectivity index (χ2n) is 7.51. The summed E-state index contributed by atoms with van der Waals surface area (Å²) in [5.74, 6) is 0.654. The number of hydrogen-bond acceptors (Lipinski definition) is 4. The van der Waals surface area contributed by atoms with Crippen molar-refractivity contribution >= 4 is 23.1 Å². The van der Waals surface area contributed by atoms with E-state index in [9.17, 15) is 4.79 Å². The summed E-state index contributed by atoms with van der Waals surface area (Å²) in [6, 6.07) is 6.60. The Morgan fingerprint density at radius 1 is 1.32 bits per heavy atom. The molecule has 0 bridgehead atoms. The summed E-state index contributed by atoms with van der Waals surface area (Å²) in [7, 11) is 0. The van der Waals surface area contributed by atoms with E-state index in [1.807, 2.05) is 32.9 Å². The van der Waals surface area contributed by atoms with Crippen LogP contribution in [0.1, 0.15) is 52.2 Å². The molecule has 2 heterocycles. The first kappa shape index (κ1) is 19.6. The van der Waals surface area contributed by atoms with Crippen molar-refractivity contribution in [1.29, 1.82) is 0 Å². The second kappa shape index (κ2) is 8.59. The molecule has 2 aromatic heterocycles. The van der Waals surface area contributed by atoms with Gasteiger partial charge in [-0.15, -0.1) is 0 Å². The zero-order valence-electron chi connectivity index (χ0n) is 15.9. The first-order valence-corrected chi connectivity index (χ1v) is 9.76. The fourth-order valence-electron chi connectivity index (χ4n) is 2.44. The van der Waals surface area contributed by atoms with E-state index in [1.54, 1.807) is 17.5 Å². The molecule has 1 N–H and O–H groups in total. The number of amides is 1. The fourth-order valence-corrected chi connectivity index (χ4v) is 3.10. The Morgan fingerprint density at radius 3 is 2.68 bits per heavy atom. The van der Waals surface area contributed by atoms with Gasteiger partial charge in [-0.05, 0) is 41.8 Å². The van der Waals surface area contributed by atoms with E-state index in [2.05, 4.69) is 45.9 Å². The molecule has 5 heteroatoms. The van der Waals surface area contributed by atoms with Crippen LogP contribution in [0.2, 0.25) is 0 Å². The molecule has 0 aliphatic rings. The molecule has 2 rings (SSSR count). The van der Waals surface area contributed by atoms with Crippen LogP contribution in [0.5, 0.6) is 0 Å². The minimum absolute atomic E-state index is 0.0135. The molecule has 0 aliphatic carbocycles. The van der Waals surface area contributed by atoms with Crippen LogP contribution in [0.4, 0.5) is 5.82 Å². The summed E-state index contributed by atoms with van der Waals surface area (Å²) >= 11 is 1.73. The highest BCUT2D eigenvalue weighted by atomic mass is 32.1. The Morgan fingerprint density at radius 2 is 2.08 bits per heavy atom. The molecule has 0 radical (unpaired) electrons. The molecule has 1 amide bonds. The van der Waals surface area contributed by atoms with Crippen molar-refractivity contribution in [3.8, 4) is 0 Å². The van der Waals surface area contributed by atoms with Gasteiger partial charge in [-0.3, -0.25) is 9.69 Å². The summed E-state index contributed by atoms with van der Waals surface area (Å²) in [6.07, 6.45) is 2.81. The highest BCUT2D eigenvalue weighted by Gasteiger charge is 2.23. The second-order valence-corrected chi connectivity index (χ2v) is 8.29. The van der Waals surface area contributed by atoms with E-state index in [4.69, 9.17) is 0 Å². The molecule has 136 valence electrons. The monoisotopic (exact) mass is 359 g/mol. The van der Waals surface area contributed by atoms with Crippen LogP contribution >= 0.6 is 11.3 Å². The molecule has 1 atom stereocenters. The molecule has 0 spiro atoms. The van der Waals surface area contributed by atoms with Gasteiger partial charge in [-0.1, -0.05) is 33.8 Å². The minimum atomic E-state index is -0.443. The lowest BCUT2D eigenvalue weighted by Gasteiger charge is -2.29. The first-order valence-electron chi connectivity index (χ1n) is 8.81. The summed E-state index contributed by atoms with van der Waals surface area (Å²) in [6.45, 7) is 11.8. The van der Waals surface area contributed by atoms with Crippen molar-refractivity contribution in [2.24, 2.45) is 5.41 Å². The van der Waals surface area contributed by atoms with Gasteiger partial charge in [-0.2, -0.15) is 11.3 Å². The average Bonchev–Trinajstić information content (AvgIpc) is 3.07. The Labute approximate surface area is 155 Å². The Balaban J connectivity index is 2.19. The summed E-state index contributed by atoms with van der Waals surface area (Å²) in [5.41, 5.74) is 1.94. The van der Waals surface area contributed by atoms with Crippen LogP contribution in [0.15, 0.2) is 35.2 Å². The van der Waals surface area contributed by atoms with E-state index in [0.717, 1.165) is 25.1 Å². The molecule has 25 heavy (non-hydrogen) atoms. The Kier molecular flexibility index (Phi) is 6.73. The van der Waals surface area contributed by atoms with Gasteiger partial charge in [0.15, 0.2) is 0 Å². The van der Waals surface area contributed by atoms with Gasteiger partial charge in [-0.25, -0.2) is 4.98 Å². The SMILES string of the molecule is CC[C@H](C)N(Cc1ccsc1)Cc1cccnc1NC(=O)C(C)(C)C. The molecule has 0 aliphatic heterocycles. The Bertz CT molecular complexity index is 676. The number of nitrogens with one attached hydrogen (secondary N) is 1. The van der Waals surface area contributed by atoms with Crippen LogP contribution in [0.25, 0.3) is 0 Å². The summed E-state index contributed by atoms with van der Waals surface area (Å²) in [4.78, 5) is 19.2. The molecular weight excluding hydrogens is 330 g/mol. The van der Waals surface area contributed by atoms with Crippen molar-refractivity contribution in [2.45, 2.75) is 60.2 Å². The largest absolute Gasteiger partial charge is 0.310 e. The zero-order chi connectivity index (χ0) is 18.4. The normalized spacial score (nSPS) is 13.0. The van der Waals surface area contributed by atoms with Crippen LogP contribution < -0.4 is 5.32 Å². The number of pyridine rings is 1. The standard InChI is InChI=1S/C20H29N3OS/c1-6-15(2)23(12-16-9-11-25-14-16)13-17-8-7-10-21-18(17)22-19(24)20(3,4)5/h7-11,14-15H,6,12-13H2,1-5H3,(H,21,22,24)/t15-/m0/s1. The predicted octanol–water partition coefficient (Wildman–Crippen LogP) is 4.93. The van der Waals surface area contributed by atoms with Gasteiger partial charge in [0.2, 0.25) is 5.91 Å². The van der Waals surface area contributed by atoms with Gasteiger partial charge in [0.1, 0.15) is 5.82 Å². The van der Waals surface area contributed by atoms with E-state index >= 15 is 0 Å². The third-order valence-corrected chi connectivity index (χ3v) is 5.09. The maximum Gasteiger partial charge on any atom is 0.230 e. The number of hydrogen-bond donors (Lipinski definition) is 1. The molecule has 0 unspecified atom stereocenters. The fraction of sp³-hybridized carbons (Fsp3) is 0.500. The summed E-state index contributed by atoms with van der Waals surface area (Å²) in [5, 5.41) is 7.31. The van der Waals surface area contributed by atoms with Gasteiger partial charge >= 0.3 is 0 Å². The number of thiophene rings is 1. The lowest BCUT2D eigenvalue weighted by atomic mass is 9.95. The van der Waals surface area contributed by atoms with Crippen molar-refractivity contribution in [3.63, 3.8) is 0 Å². The lowest BCUT2D eigenvalue weighted by molar-refractivity contribution is -0.123. The van der Waals surface area contributed by atoms with E-state index in [0.29, 0.717) is 11.9 Å². The zero-order valence-corrected chi connectivity index (χ0v) is 16.7. The van der Waals surface area contributed by atoms with Crippen molar-refractivity contribution in [2.75, 3.05) is 5.32 Å². The van der Waals surface area contributed by atoms with E-state index in [1.165, 1.54) is 5.56 Å². The molecule has 4 nitrogen and oxygen atoms in total. The molecule has 0 fully saturated rings. The van der Waals surface area contributed by atoms with Gasteiger partial charge < -0.3 is 5.32 Å². The maximum atomic E-state index is 12.4. The van der Waals surface area contributed by atoms with Crippen molar-refractivity contribution in [3.05, 3.63) is 46.3 Å². The first-order chi connectivity index (χ1) is 11.8. The number of carbonyl (C=O) groups is 1. The predicted molar refractivity (Wildman–Crippen MR) is 106 cm³/mol. The van der Waals surface area contributed by atoms with Crippen molar-refractivity contribution in [1.82, 2.24) is 9.88 Å². The third kappa shape index (κ3) is 5.65. The minimum Gasteiger partial charge on any atom is -0.310 e. The number of aromatic nitrogens is 1. The third-order valence-electron chi connectivity index (χ3n) is 4.36. The quantitative estimate of drug-likeness (QED) is 0.762. The van der Waals surface area contributed by atoms with Gasteiger partial charge in [0, 0.05) is 36.3 Å². The lowest BCUT2D eigenvalue weighted by Crippen LogP contribution is -2.33. The highest BCUT2D eigenvalue weighted by molar-refractivity contribution is 7.07. The molecule has 2 aromatic rings. The number of rotatable bonds is 7. The molecule has 0 saturated heterocycles.